The lowest BCUT2D eigenvalue weighted by molar-refractivity contribution is 0.0746. The first-order valence-corrected chi connectivity index (χ1v) is 9.49. The third-order valence-corrected chi connectivity index (χ3v) is 4.45. The summed E-state index contributed by atoms with van der Waals surface area (Å²) in [4.78, 5) is 18.8. The number of carbonyl (C=O) groups excluding carboxylic acids is 1. The summed E-state index contributed by atoms with van der Waals surface area (Å²) in [5.74, 6) is 0.504. The highest BCUT2D eigenvalue weighted by Crippen LogP contribution is 2.18. The maximum atomic E-state index is 13.1. The highest BCUT2D eigenvalue weighted by atomic mass is 16.5. The number of ether oxygens (including phenoxy) is 1. The maximum Gasteiger partial charge on any atom is 0.254 e. The molecule has 1 amide bonds. The zero-order chi connectivity index (χ0) is 20.5. The summed E-state index contributed by atoms with van der Waals surface area (Å²) in [6, 6.07) is 21.2. The van der Waals surface area contributed by atoms with Crippen LogP contribution in [-0.2, 0) is 13.2 Å². The van der Waals surface area contributed by atoms with Gasteiger partial charge in [-0.15, -0.1) is 0 Å². The number of amides is 1. The molecule has 0 atom stereocenters. The van der Waals surface area contributed by atoms with Crippen LogP contribution in [0.25, 0.3) is 0 Å². The molecule has 0 fully saturated rings. The molecule has 0 aliphatic carbocycles. The van der Waals surface area contributed by atoms with Crippen LogP contribution in [0, 0.1) is 18.3 Å². The molecule has 0 spiro atoms. The summed E-state index contributed by atoms with van der Waals surface area (Å²) in [5.41, 5.74) is 3.71. The molecule has 2 aromatic carbocycles. The molecule has 3 aromatic rings. The Balaban J connectivity index is 1.72. The SMILES string of the molecule is Cc1cccc(COc2cccc(C(=O)N(CCC#N)Cc3cccnc3)c2)c1. The van der Waals surface area contributed by atoms with E-state index in [0.29, 0.717) is 31.0 Å². The van der Waals surface area contributed by atoms with Crippen LogP contribution >= 0.6 is 0 Å². The third kappa shape index (κ3) is 5.91. The van der Waals surface area contributed by atoms with Gasteiger partial charge in [-0.05, 0) is 42.3 Å². The van der Waals surface area contributed by atoms with Crippen LogP contribution in [-0.4, -0.2) is 22.3 Å². The van der Waals surface area contributed by atoms with Crippen LogP contribution in [0.3, 0.4) is 0 Å². The van der Waals surface area contributed by atoms with E-state index in [9.17, 15) is 4.79 Å². The molecule has 29 heavy (non-hydrogen) atoms. The second-order valence-corrected chi connectivity index (χ2v) is 6.80. The van der Waals surface area contributed by atoms with Gasteiger partial charge in [0.25, 0.3) is 5.91 Å². The summed E-state index contributed by atoms with van der Waals surface area (Å²) in [6.07, 6.45) is 3.70. The van der Waals surface area contributed by atoms with Gasteiger partial charge in [-0.2, -0.15) is 5.26 Å². The van der Waals surface area contributed by atoms with Crippen molar-refractivity contribution < 1.29 is 9.53 Å². The van der Waals surface area contributed by atoms with E-state index >= 15 is 0 Å². The number of pyridine rings is 1. The van der Waals surface area contributed by atoms with Crippen molar-refractivity contribution in [3.63, 3.8) is 0 Å². The van der Waals surface area contributed by atoms with Crippen LogP contribution in [0.15, 0.2) is 73.1 Å². The van der Waals surface area contributed by atoms with E-state index in [-0.39, 0.29) is 12.3 Å². The van der Waals surface area contributed by atoms with Crippen LogP contribution in [0.1, 0.15) is 33.5 Å². The predicted octanol–water partition coefficient (Wildman–Crippen LogP) is 4.53. The molecule has 5 nitrogen and oxygen atoms in total. The van der Waals surface area contributed by atoms with Crippen LogP contribution in [0.2, 0.25) is 0 Å². The van der Waals surface area contributed by atoms with Gasteiger partial charge in [0.05, 0.1) is 12.5 Å². The Labute approximate surface area is 171 Å². The summed E-state index contributed by atoms with van der Waals surface area (Å²) in [7, 11) is 0. The number of aromatic nitrogens is 1. The van der Waals surface area contributed by atoms with Crippen molar-refractivity contribution >= 4 is 5.91 Å². The molecule has 1 heterocycles. The van der Waals surface area contributed by atoms with Gasteiger partial charge in [0.2, 0.25) is 0 Å². The number of nitriles is 1. The number of carbonyl (C=O) groups is 1. The third-order valence-electron chi connectivity index (χ3n) is 4.45. The molecule has 0 bridgehead atoms. The molecule has 0 unspecified atom stereocenters. The number of rotatable bonds is 8. The second kappa shape index (κ2) is 10.0. The first-order valence-electron chi connectivity index (χ1n) is 9.49. The van der Waals surface area contributed by atoms with Crippen molar-refractivity contribution in [2.24, 2.45) is 0 Å². The zero-order valence-corrected chi connectivity index (χ0v) is 16.4. The molecule has 0 aliphatic heterocycles. The quantitative estimate of drug-likeness (QED) is 0.572. The van der Waals surface area contributed by atoms with Crippen LogP contribution in [0.5, 0.6) is 5.75 Å². The lowest BCUT2D eigenvalue weighted by atomic mass is 10.1. The van der Waals surface area contributed by atoms with Crippen molar-refractivity contribution in [1.82, 2.24) is 9.88 Å². The zero-order valence-electron chi connectivity index (χ0n) is 16.4. The Morgan fingerprint density at radius 3 is 2.69 bits per heavy atom. The van der Waals surface area contributed by atoms with Gasteiger partial charge in [0, 0.05) is 31.0 Å². The molecule has 146 valence electrons. The molecule has 0 saturated carbocycles. The fourth-order valence-corrected chi connectivity index (χ4v) is 3.02. The summed E-state index contributed by atoms with van der Waals surface area (Å²) < 4.78 is 5.88. The monoisotopic (exact) mass is 385 g/mol. The van der Waals surface area contributed by atoms with E-state index in [1.807, 2.05) is 49.4 Å². The van der Waals surface area contributed by atoms with E-state index in [1.165, 1.54) is 5.56 Å². The van der Waals surface area contributed by atoms with Crippen molar-refractivity contribution in [3.05, 3.63) is 95.3 Å². The number of benzene rings is 2. The lowest BCUT2D eigenvalue weighted by Crippen LogP contribution is -2.31. The summed E-state index contributed by atoms with van der Waals surface area (Å²) >= 11 is 0. The van der Waals surface area contributed by atoms with E-state index in [1.54, 1.807) is 29.4 Å². The normalized spacial score (nSPS) is 10.2. The highest BCUT2D eigenvalue weighted by Gasteiger charge is 2.17. The van der Waals surface area contributed by atoms with Crippen molar-refractivity contribution in [2.45, 2.75) is 26.5 Å². The molecular formula is C24H23N3O2. The fraction of sp³-hybridized carbons (Fsp3) is 0.208. The summed E-state index contributed by atoms with van der Waals surface area (Å²) in [6.45, 7) is 3.25. The molecule has 0 N–H and O–H groups in total. The molecular weight excluding hydrogens is 362 g/mol. The molecule has 5 heteroatoms. The highest BCUT2D eigenvalue weighted by molar-refractivity contribution is 5.94. The topological polar surface area (TPSA) is 66.2 Å². The van der Waals surface area contributed by atoms with E-state index in [2.05, 4.69) is 17.1 Å². The molecule has 1 aromatic heterocycles. The molecule has 3 rings (SSSR count). The minimum Gasteiger partial charge on any atom is -0.489 e. The van der Waals surface area contributed by atoms with E-state index < -0.39 is 0 Å². The largest absolute Gasteiger partial charge is 0.489 e. The number of aryl methyl sites for hydroxylation is 1. The number of hydrogen-bond acceptors (Lipinski definition) is 4. The predicted molar refractivity (Wildman–Crippen MR) is 111 cm³/mol. The number of nitrogens with zero attached hydrogens (tertiary/aromatic N) is 3. The van der Waals surface area contributed by atoms with Gasteiger partial charge in [0.1, 0.15) is 12.4 Å². The smallest absolute Gasteiger partial charge is 0.254 e. The van der Waals surface area contributed by atoms with Crippen molar-refractivity contribution in [1.29, 1.82) is 5.26 Å². The van der Waals surface area contributed by atoms with Gasteiger partial charge < -0.3 is 9.64 Å². The molecule has 0 aliphatic rings. The Kier molecular flexibility index (Phi) is 6.96. The first kappa shape index (κ1) is 20.1. The van der Waals surface area contributed by atoms with Gasteiger partial charge in [-0.3, -0.25) is 9.78 Å². The van der Waals surface area contributed by atoms with Gasteiger partial charge in [-0.25, -0.2) is 0 Å². The van der Waals surface area contributed by atoms with Gasteiger partial charge in [0.15, 0.2) is 0 Å². The van der Waals surface area contributed by atoms with Crippen molar-refractivity contribution in [2.75, 3.05) is 6.54 Å². The Morgan fingerprint density at radius 2 is 1.93 bits per heavy atom. The Bertz CT molecular complexity index is 996. The average Bonchev–Trinajstić information content (AvgIpc) is 2.76. The van der Waals surface area contributed by atoms with Crippen LogP contribution in [0.4, 0.5) is 0 Å². The van der Waals surface area contributed by atoms with E-state index in [4.69, 9.17) is 10.00 Å². The second-order valence-electron chi connectivity index (χ2n) is 6.80. The maximum absolute atomic E-state index is 13.1. The number of hydrogen-bond donors (Lipinski definition) is 0. The lowest BCUT2D eigenvalue weighted by Gasteiger charge is -2.22. The Morgan fingerprint density at radius 1 is 1.10 bits per heavy atom. The van der Waals surface area contributed by atoms with Gasteiger partial charge >= 0.3 is 0 Å². The molecule has 0 radical (unpaired) electrons. The fourth-order valence-electron chi connectivity index (χ4n) is 3.02. The first-order chi connectivity index (χ1) is 14.2. The minimum atomic E-state index is -0.134. The standard InChI is InChI=1S/C24H23N3O2/c1-19-6-2-7-20(14-19)18-29-23-10-3-9-22(15-23)24(28)27(13-5-11-25)17-21-8-4-12-26-16-21/h2-4,6-10,12,14-16H,5,13,17-18H2,1H3. The minimum absolute atomic E-state index is 0.134. The molecule has 0 saturated heterocycles. The van der Waals surface area contributed by atoms with Gasteiger partial charge in [-0.1, -0.05) is 42.0 Å². The average molecular weight is 385 g/mol. The van der Waals surface area contributed by atoms with Crippen LogP contribution < -0.4 is 4.74 Å². The Hall–Kier alpha value is -3.65. The summed E-state index contributed by atoms with van der Waals surface area (Å²) in [5, 5.41) is 8.96. The van der Waals surface area contributed by atoms with Crippen molar-refractivity contribution in [3.8, 4) is 11.8 Å². The van der Waals surface area contributed by atoms with E-state index in [0.717, 1.165) is 11.1 Å².